The molecule has 0 bridgehead atoms. The van der Waals surface area contributed by atoms with Crippen LogP contribution in [-0.4, -0.2) is 35.6 Å². The van der Waals surface area contributed by atoms with E-state index in [9.17, 15) is 0 Å². The lowest BCUT2D eigenvalue weighted by atomic mass is 10.1. The number of aryl methyl sites for hydroxylation is 1. The monoisotopic (exact) mass is 239 g/mol. The largest absolute Gasteiger partial charge is 0.314 e. The molecule has 1 aromatic heterocycles. The first-order valence-electron chi connectivity index (χ1n) is 6.11. The first kappa shape index (κ1) is 12.0. The topological polar surface area (TPSA) is 28.2 Å². The highest BCUT2D eigenvalue weighted by Crippen LogP contribution is 2.27. The van der Waals surface area contributed by atoms with E-state index in [0.717, 1.165) is 19.6 Å². The second-order valence-electron chi connectivity index (χ2n) is 4.49. The van der Waals surface area contributed by atoms with Gasteiger partial charge in [-0.05, 0) is 20.3 Å². The number of aromatic nitrogens is 1. The SMILES string of the molecule is CCC1CNCCN1C(C)c1ncc(C)s1. The van der Waals surface area contributed by atoms with E-state index in [-0.39, 0.29) is 0 Å². The number of piperazine rings is 1. The van der Waals surface area contributed by atoms with Crippen LogP contribution in [-0.2, 0) is 0 Å². The average molecular weight is 239 g/mol. The molecule has 1 aliphatic rings. The molecule has 90 valence electrons. The molecule has 2 atom stereocenters. The smallest absolute Gasteiger partial charge is 0.110 e. The second kappa shape index (κ2) is 5.25. The van der Waals surface area contributed by atoms with E-state index in [0.29, 0.717) is 12.1 Å². The van der Waals surface area contributed by atoms with Gasteiger partial charge in [-0.3, -0.25) is 4.90 Å². The fraction of sp³-hybridized carbons (Fsp3) is 0.750. The summed E-state index contributed by atoms with van der Waals surface area (Å²) in [5.41, 5.74) is 0. The lowest BCUT2D eigenvalue weighted by Crippen LogP contribution is -2.51. The molecule has 0 radical (unpaired) electrons. The molecule has 1 aromatic rings. The van der Waals surface area contributed by atoms with Crippen LogP contribution in [0.15, 0.2) is 6.20 Å². The van der Waals surface area contributed by atoms with Crippen molar-refractivity contribution in [2.75, 3.05) is 19.6 Å². The molecule has 2 heterocycles. The summed E-state index contributed by atoms with van der Waals surface area (Å²) in [7, 11) is 0. The van der Waals surface area contributed by atoms with Crippen LogP contribution in [0.4, 0.5) is 0 Å². The standard InChI is InChI=1S/C12H21N3S/c1-4-11-8-13-5-6-15(11)10(3)12-14-7-9(2)16-12/h7,10-11,13H,4-6,8H2,1-3H3. The average Bonchev–Trinajstić information content (AvgIpc) is 2.75. The van der Waals surface area contributed by atoms with Crippen LogP contribution >= 0.6 is 11.3 Å². The van der Waals surface area contributed by atoms with E-state index in [1.54, 1.807) is 0 Å². The Labute approximate surface area is 102 Å². The molecule has 1 fully saturated rings. The summed E-state index contributed by atoms with van der Waals surface area (Å²) >= 11 is 1.83. The van der Waals surface area contributed by atoms with E-state index in [4.69, 9.17) is 0 Å². The van der Waals surface area contributed by atoms with Gasteiger partial charge in [0.25, 0.3) is 0 Å². The molecular weight excluding hydrogens is 218 g/mol. The summed E-state index contributed by atoms with van der Waals surface area (Å²) in [6.45, 7) is 10.0. The van der Waals surface area contributed by atoms with Crippen LogP contribution < -0.4 is 5.32 Å². The first-order valence-corrected chi connectivity index (χ1v) is 6.92. The number of hydrogen-bond donors (Lipinski definition) is 1. The van der Waals surface area contributed by atoms with Gasteiger partial charge in [-0.25, -0.2) is 4.98 Å². The first-order chi connectivity index (χ1) is 7.72. The van der Waals surface area contributed by atoms with E-state index >= 15 is 0 Å². The Kier molecular flexibility index (Phi) is 3.95. The zero-order chi connectivity index (χ0) is 11.5. The van der Waals surface area contributed by atoms with Crippen LogP contribution in [0, 0.1) is 6.92 Å². The van der Waals surface area contributed by atoms with Crippen LogP contribution in [0.1, 0.15) is 36.2 Å². The van der Waals surface area contributed by atoms with Crippen LogP contribution in [0.25, 0.3) is 0 Å². The number of nitrogens with one attached hydrogen (secondary N) is 1. The number of hydrogen-bond acceptors (Lipinski definition) is 4. The molecule has 16 heavy (non-hydrogen) atoms. The predicted molar refractivity (Wildman–Crippen MR) is 68.9 cm³/mol. The van der Waals surface area contributed by atoms with Gasteiger partial charge in [0.2, 0.25) is 0 Å². The quantitative estimate of drug-likeness (QED) is 0.876. The highest BCUT2D eigenvalue weighted by Gasteiger charge is 2.27. The minimum Gasteiger partial charge on any atom is -0.314 e. The number of rotatable bonds is 3. The maximum absolute atomic E-state index is 4.52. The van der Waals surface area contributed by atoms with Gasteiger partial charge in [-0.2, -0.15) is 0 Å². The molecular formula is C12H21N3S. The summed E-state index contributed by atoms with van der Waals surface area (Å²) in [6, 6.07) is 1.12. The Hall–Kier alpha value is -0.450. The molecule has 1 saturated heterocycles. The van der Waals surface area contributed by atoms with E-state index in [2.05, 4.69) is 36.0 Å². The minimum atomic E-state index is 0.464. The maximum atomic E-state index is 4.52. The Balaban J connectivity index is 2.10. The fourth-order valence-corrected chi connectivity index (χ4v) is 3.22. The summed E-state index contributed by atoms with van der Waals surface area (Å²) in [6.07, 6.45) is 3.20. The third kappa shape index (κ3) is 2.44. The Morgan fingerprint density at radius 2 is 2.50 bits per heavy atom. The molecule has 2 unspecified atom stereocenters. The molecule has 4 heteroatoms. The van der Waals surface area contributed by atoms with E-state index in [1.165, 1.54) is 16.3 Å². The van der Waals surface area contributed by atoms with Gasteiger partial charge in [0.15, 0.2) is 0 Å². The van der Waals surface area contributed by atoms with Crippen molar-refractivity contribution in [2.45, 2.75) is 39.3 Å². The van der Waals surface area contributed by atoms with Gasteiger partial charge in [-0.1, -0.05) is 6.92 Å². The van der Waals surface area contributed by atoms with Gasteiger partial charge in [0, 0.05) is 36.8 Å². The molecule has 0 aliphatic carbocycles. The molecule has 3 nitrogen and oxygen atoms in total. The van der Waals surface area contributed by atoms with Gasteiger partial charge in [0.1, 0.15) is 5.01 Å². The molecule has 1 aliphatic heterocycles. The van der Waals surface area contributed by atoms with Crippen molar-refractivity contribution in [1.29, 1.82) is 0 Å². The molecule has 0 aromatic carbocycles. The van der Waals surface area contributed by atoms with Gasteiger partial charge in [0.05, 0.1) is 6.04 Å². The van der Waals surface area contributed by atoms with E-state index < -0.39 is 0 Å². The minimum absolute atomic E-state index is 0.464. The highest BCUT2D eigenvalue weighted by atomic mass is 32.1. The van der Waals surface area contributed by atoms with Crippen LogP contribution in [0.5, 0.6) is 0 Å². The summed E-state index contributed by atoms with van der Waals surface area (Å²) in [5.74, 6) is 0. The van der Waals surface area contributed by atoms with Crippen molar-refractivity contribution < 1.29 is 0 Å². The Morgan fingerprint density at radius 1 is 1.69 bits per heavy atom. The summed E-state index contributed by atoms with van der Waals surface area (Å²) in [5, 5.41) is 4.73. The normalized spacial score (nSPS) is 24.6. The zero-order valence-electron chi connectivity index (χ0n) is 10.4. The van der Waals surface area contributed by atoms with Crippen molar-refractivity contribution >= 4 is 11.3 Å². The van der Waals surface area contributed by atoms with Crippen molar-refractivity contribution in [3.63, 3.8) is 0 Å². The van der Waals surface area contributed by atoms with Crippen LogP contribution in [0.2, 0.25) is 0 Å². The third-order valence-corrected chi connectivity index (χ3v) is 4.44. The lowest BCUT2D eigenvalue weighted by molar-refractivity contribution is 0.111. The Bertz CT molecular complexity index is 337. The maximum Gasteiger partial charge on any atom is 0.110 e. The zero-order valence-corrected chi connectivity index (χ0v) is 11.2. The molecule has 1 N–H and O–H groups in total. The van der Waals surface area contributed by atoms with Gasteiger partial charge < -0.3 is 5.32 Å². The Morgan fingerprint density at radius 3 is 3.12 bits per heavy atom. The molecule has 2 rings (SSSR count). The van der Waals surface area contributed by atoms with Crippen molar-refractivity contribution in [3.8, 4) is 0 Å². The van der Waals surface area contributed by atoms with Crippen molar-refractivity contribution in [3.05, 3.63) is 16.1 Å². The predicted octanol–water partition coefficient (Wildman–Crippen LogP) is 2.20. The number of thiazole rings is 1. The third-order valence-electron chi connectivity index (χ3n) is 3.36. The van der Waals surface area contributed by atoms with E-state index in [1.807, 2.05) is 17.5 Å². The molecule has 0 spiro atoms. The van der Waals surface area contributed by atoms with Gasteiger partial charge >= 0.3 is 0 Å². The van der Waals surface area contributed by atoms with Crippen molar-refractivity contribution in [1.82, 2.24) is 15.2 Å². The molecule has 0 saturated carbocycles. The molecule has 0 amide bonds. The second-order valence-corrected chi connectivity index (χ2v) is 5.76. The van der Waals surface area contributed by atoms with Crippen molar-refractivity contribution in [2.24, 2.45) is 0 Å². The number of nitrogens with zero attached hydrogens (tertiary/aromatic N) is 2. The lowest BCUT2D eigenvalue weighted by Gasteiger charge is -2.39. The summed E-state index contributed by atoms with van der Waals surface area (Å²) < 4.78 is 0. The summed E-state index contributed by atoms with van der Waals surface area (Å²) in [4.78, 5) is 8.42. The fourth-order valence-electron chi connectivity index (χ4n) is 2.37. The highest BCUT2D eigenvalue weighted by molar-refractivity contribution is 7.11. The van der Waals surface area contributed by atoms with Gasteiger partial charge in [-0.15, -0.1) is 11.3 Å². The van der Waals surface area contributed by atoms with Crippen LogP contribution in [0.3, 0.4) is 0 Å².